The van der Waals surface area contributed by atoms with Gasteiger partial charge < -0.3 is 10.1 Å². The number of imide groups is 1. The van der Waals surface area contributed by atoms with Crippen molar-refractivity contribution >= 4 is 23.6 Å². The number of carbonyl (C=O) groups is 3. The Hall–Kier alpha value is -2.97. The minimum Gasteiger partial charge on any atom is -0.452 e. The normalized spacial score (nSPS) is 14.8. The number of nitrogens with one attached hydrogen (secondary N) is 2. The van der Waals surface area contributed by atoms with E-state index in [0.29, 0.717) is 11.5 Å². The van der Waals surface area contributed by atoms with Crippen LogP contribution in [-0.2, 0) is 9.53 Å². The second kappa shape index (κ2) is 7.94. The number of carbonyl (C=O) groups excluding carboxylic acids is 3. The minimum atomic E-state index is -0.673. The van der Waals surface area contributed by atoms with Crippen molar-refractivity contribution in [2.45, 2.75) is 45.1 Å². The first kappa shape index (κ1) is 17.8. The third-order valence-corrected chi connectivity index (χ3v) is 4.34. The molecule has 1 aliphatic rings. The van der Waals surface area contributed by atoms with Gasteiger partial charge >= 0.3 is 12.0 Å². The van der Waals surface area contributed by atoms with Gasteiger partial charge in [-0.3, -0.25) is 14.5 Å². The van der Waals surface area contributed by atoms with Crippen LogP contribution in [0.4, 0.5) is 4.79 Å². The van der Waals surface area contributed by atoms with E-state index in [0.717, 1.165) is 25.7 Å². The van der Waals surface area contributed by atoms with Gasteiger partial charge in [0.2, 0.25) is 0 Å². The number of rotatable bonds is 4. The summed E-state index contributed by atoms with van der Waals surface area (Å²) in [4.78, 5) is 35.6. The summed E-state index contributed by atoms with van der Waals surface area (Å²) < 4.78 is 6.61. The van der Waals surface area contributed by atoms with Gasteiger partial charge in [-0.1, -0.05) is 19.3 Å². The summed E-state index contributed by atoms with van der Waals surface area (Å²) in [5.41, 5.74) is 0.871. The SMILES string of the molecule is Cc1nnc2ccc(C(=O)OCC(=O)NC(=O)NC3CCCCC3)cn12. The fraction of sp³-hybridized carbons (Fsp3) is 0.471. The Bertz CT molecular complexity index is 826. The molecule has 2 N–H and O–H groups in total. The van der Waals surface area contributed by atoms with E-state index < -0.39 is 24.5 Å². The molecule has 138 valence electrons. The average Bonchev–Trinajstić information content (AvgIpc) is 3.01. The van der Waals surface area contributed by atoms with E-state index >= 15 is 0 Å². The molecule has 3 amide bonds. The van der Waals surface area contributed by atoms with Gasteiger partial charge in [-0.15, -0.1) is 10.2 Å². The molecule has 26 heavy (non-hydrogen) atoms. The van der Waals surface area contributed by atoms with E-state index in [1.54, 1.807) is 29.7 Å². The van der Waals surface area contributed by atoms with Crippen molar-refractivity contribution in [1.82, 2.24) is 25.2 Å². The first-order valence-corrected chi connectivity index (χ1v) is 8.62. The number of nitrogens with zero attached hydrogens (tertiary/aromatic N) is 3. The molecule has 0 spiro atoms. The van der Waals surface area contributed by atoms with Gasteiger partial charge in [-0.2, -0.15) is 0 Å². The molecule has 2 heterocycles. The first-order chi connectivity index (χ1) is 12.5. The molecular formula is C17H21N5O4. The number of fused-ring (bicyclic) bond motifs is 1. The maximum Gasteiger partial charge on any atom is 0.340 e. The molecule has 0 unspecified atom stereocenters. The quantitative estimate of drug-likeness (QED) is 0.797. The Kier molecular flexibility index (Phi) is 5.45. The van der Waals surface area contributed by atoms with Crippen LogP contribution in [0.2, 0.25) is 0 Å². The van der Waals surface area contributed by atoms with Crippen molar-refractivity contribution in [3.8, 4) is 0 Å². The van der Waals surface area contributed by atoms with E-state index in [9.17, 15) is 14.4 Å². The summed E-state index contributed by atoms with van der Waals surface area (Å²) in [5.74, 6) is -0.706. The van der Waals surface area contributed by atoms with Crippen LogP contribution in [0.25, 0.3) is 5.65 Å². The molecule has 0 aliphatic heterocycles. The highest BCUT2D eigenvalue weighted by molar-refractivity contribution is 5.97. The highest BCUT2D eigenvalue weighted by Crippen LogP contribution is 2.17. The summed E-state index contributed by atoms with van der Waals surface area (Å²) in [6.07, 6.45) is 6.71. The van der Waals surface area contributed by atoms with E-state index in [2.05, 4.69) is 20.8 Å². The lowest BCUT2D eigenvalue weighted by Gasteiger charge is -2.22. The number of aryl methyl sites for hydroxylation is 1. The van der Waals surface area contributed by atoms with Crippen LogP contribution >= 0.6 is 0 Å². The summed E-state index contributed by atoms with van der Waals surface area (Å²) in [7, 11) is 0. The maximum absolute atomic E-state index is 12.1. The first-order valence-electron chi connectivity index (χ1n) is 8.62. The minimum absolute atomic E-state index is 0.0952. The van der Waals surface area contributed by atoms with Crippen molar-refractivity contribution in [2.24, 2.45) is 0 Å². The Morgan fingerprint density at radius 3 is 2.73 bits per heavy atom. The zero-order valence-corrected chi connectivity index (χ0v) is 14.5. The third kappa shape index (κ3) is 4.35. The van der Waals surface area contributed by atoms with Gasteiger partial charge in [0.25, 0.3) is 5.91 Å². The number of hydrogen-bond donors (Lipinski definition) is 2. The summed E-state index contributed by atoms with van der Waals surface area (Å²) in [6.45, 7) is 1.23. The Balaban J connectivity index is 1.47. The number of esters is 1. The zero-order valence-electron chi connectivity index (χ0n) is 14.5. The molecular weight excluding hydrogens is 338 g/mol. The van der Waals surface area contributed by atoms with E-state index in [1.807, 2.05) is 0 Å². The molecule has 0 radical (unpaired) electrons. The molecule has 3 rings (SSSR count). The molecule has 0 atom stereocenters. The lowest BCUT2D eigenvalue weighted by Crippen LogP contribution is -2.46. The second-order valence-electron chi connectivity index (χ2n) is 6.33. The number of urea groups is 1. The molecule has 2 aromatic rings. The van der Waals surface area contributed by atoms with Crippen molar-refractivity contribution in [3.63, 3.8) is 0 Å². The summed E-state index contributed by atoms with van der Waals surface area (Å²) >= 11 is 0. The highest BCUT2D eigenvalue weighted by atomic mass is 16.5. The highest BCUT2D eigenvalue weighted by Gasteiger charge is 2.18. The Morgan fingerprint density at radius 1 is 1.19 bits per heavy atom. The van der Waals surface area contributed by atoms with Crippen LogP contribution in [0.5, 0.6) is 0 Å². The molecule has 1 saturated carbocycles. The third-order valence-electron chi connectivity index (χ3n) is 4.34. The molecule has 1 fully saturated rings. The standard InChI is InChI=1S/C17H21N5O4/c1-11-20-21-14-8-7-12(9-22(11)14)16(24)26-10-15(23)19-17(25)18-13-5-3-2-4-6-13/h7-9,13H,2-6,10H2,1H3,(H2,18,19,23,25). The fourth-order valence-corrected chi connectivity index (χ4v) is 2.97. The van der Waals surface area contributed by atoms with Crippen LogP contribution < -0.4 is 10.6 Å². The second-order valence-corrected chi connectivity index (χ2v) is 6.33. The van der Waals surface area contributed by atoms with Crippen LogP contribution in [-0.4, -0.2) is 45.2 Å². The Morgan fingerprint density at radius 2 is 1.96 bits per heavy atom. The number of amides is 3. The number of pyridine rings is 1. The van der Waals surface area contributed by atoms with Crippen molar-refractivity contribution in [2.75, 3.05) is 6.61 Å². The lowest BCUT2D eigenvalue weighted by molar-refractivity contribution is -0.123. The van der Waals surface area contributed by atoms with Gasteiger partial charge in [-0.05, 0) is 31.9 Å². The molecule has 0 aromatic carbocycles. The van der Waals surface area contributed by atoms with Crippen LogP contribution in [0.15, 0.2) is 18.3 Å². The van der Waals surface area contributed by atoms with Crippen molar-refractivity contribution < 1.29 is 19.1 Å². The van der Waals surface area contributed by atoms with E-state index in [-0.39, 0.29) is 11.6 Å². The molecule has 9 heteroatoms. The van der Waals surface area contributed by atoms with E-state index in [4.69, 9.17) is 4.74 Å². The van der Waals surface area contributed by atoms with E-state index in [1.165, 1.54) is 6.42 Å². The molecule has 9 nitrogen and oxygen atoms in total. The van der Waals surface area contributed by atoms with Gasteiger partial charge in [-0.25, -0.2) is 9.59 Å². The van der Waals surface area contributed by atoms with Gasteiger partial charge in [0.15, 0.2) is 12.3 Å². The largest absolute Gasteiger partial charge is 0.452 e. The van der Waals surface area contributed by atoms with Crippen LogP contribution in [0.1, 0.15) is 48.3 Å². The predicted octanol–water partition coefficient (Wildman–Crippen LogP) is 1.35. The molecule has 1 aliphatic carbocycles. The Labute approximate surface area is 150 Å². The lowest BCUT2D eigenvalue weighted by atomic mass is 9.96. The molecule has 0 bridgehead atoms. The van der Waals surface area contributed by atoms with Gasteiger partial charge in [0.1, 0.15) is 5.82 Å². The van der Waals surface area contributed by atoms with Crippen LogP contribution in [0.3, 0.4) is 0 Å². The molecule has 2 aromatic heterocycles. The van der Waals surface area contributed by atoms with Crippen molar-refractivity contribution in [3.05, 3.63) is 29.7 Å². The van der Waals surface area contributed by atoms with Gasteiger partial charge in [0.05, 0.1) is 5.56 Å². The number of aromatic nitrogens is 3. The zero-order chi connectivity index (χ0) is 18.5. The fourth-order valence-electron chi connectivity index (χ4n) is 2.97. The van der Waals surface area contributed by atoms with Crippen LogP contribution in [0, 0.1) is 6.92 Å². The summed E-state index contributed by atoms with van der Waals surface area (Å²) in [6, 6.07) is 2.71. The smallest absolute Gasteiger partial charge is 0.340 e. The molecule has 0 saturated heterocycles. The average molecular weight is 359 g/mol. The summed E-state index contributed by atoms with van der Waals surface area (Å²) in [5, 5.41) is 12.8. The van der Waals surface area contributed by atoms with Crippen molar-refractivity contribution in [1.29, 1.82) is 0 Å². The monoisotopic (exact) mass is 359 g/mol. The van der Waals surface area contributed by atoms with Gasteiger partial charge in [0, 0.05) is 12.2 Å². The maximum atomic E-state index is 12.1. The topological polar surface area (TPSA) is 115 Å². The number of hydrogen-bond acceptors (Lipinski definition) is 6. The number of ether oxygens (including phenoxy) is 1. The predicted molar refractivity (Wildman–Crippen MR) is 91.6 cm³/mol.